The number of benzene rings is 2. The highest BCUT2D eigenvalue weighted by molar-refractivity contribution is 8.00. The number of ether oxygens (including phenoxy) is 2. The van der Waals surface area contributed by atoms with Crippen LogP contribution in [-0.4, -0.2) is 25.9 Å². The highest BCUT2D eigenvalue weighted by Gasteiger charge is 2.36. The Morgan fingerprint density at radius 1 is 1.21 bits per heavy atom. The normalized spacial score (nSPS) is 17.2. The van der Waals surface area contributed by atoms with Crippen LogP contribution in [0.25, 0.3) is 0 Å². The second kappa shape index (κ2) is 6.73. The average Bonchev–Trinajstić information content (AvgIpc) is 2.98. The number of amides is 1. The number of carbonyl (C=O) groups is 1. The fourth-order valence-corrected chi connectivity index (χ4v) is 3.96. The molecule has 1 amide bonds. The molecule has 2 aromatic rings. The van der Waals surface area contributed by atoms with Gasteiger partial charge in [0, 0.05) is 11.3 Å². The number of anilines is 1. The van der Waals surface area contributed by atoms with Gasteiger partial charge in [-0.3, -0.25) is 9.69 Å². The van der Waals surface area contributed by atoms with E-state index in [0.29, 0.717) is 28.5 Å². The molecule has 126 valence electrons. The first-order valence-corrected chi connectivity index (χ1v) is 8.52. The number of halogens is 1. The number of rotatable bonds is 4. The second-order valence-corrected chi connectivity index (χ2v) is 6.51. The van der Waals surface area contributed by atoms with Gasteiger partial charge in [0.25, 0.3) is 0 Å². The van der Waals surface area contributed by atoms with Crippen LogP contribution in [0.1, 0.15) is 16.5 Å². The fraction of sp³-hybridized carbons (Fsp3) is 0.278. The number of para-hydroxylation sites is 1. The Balaban J connectivity index is 2.07. The van der Waals surface area contributed by atoms with E-state index >= 15 is 0 Å². The molecule has 0 N–H and O–H groups in total. The minimum Gasteiger partial charge on any atom is -0.493 e. The lowest BCUT2D eigenvalue weighted by atomic mass is 10.1. The van der Waals surface area contributed by atoms with E-state index < -0.39 is 0 Å². The first-order chi connectivity index (χ1) is 11.6. The van der Waals surface area contributed by atoms with Crippen molar-refractivity contribution in [3.05, 3.63) is 53.3 Å². The van der Waals surface area contributed by atoms with Crippen molar-refractivity contribution in [3.8, 4) is 11.5 Å². The van der Waals surface area contributed by atoms with Crippen LogP contribution in [0.2, 0.25) is 0 Å². The van der Waals surface area contributed by atoms with E-state index in [0.717, 1.165) is 5.56 Å². The van der Waals surface area contributed by atoms with E-state index in [-0.39, 0.29) is 17.1 Å². The number of aryl methyl sites for hydroxylation is 1. The third-order valence-electron chi connectivity index (χ3n) is 4.00. The zero-order valence-corrected chi connectivity index (χ0v) is 14.5. The zero-order valence-electron chi connectivity index (χ0n) is 13.7. The van der Waals surface area contributed by atoms with Crippen LogP contribution < -0.4 is 14.4 Å². The van der Waals surface area contributed by atoms with Gasteiger partial charge in [-0.2, -0.15) is 0 Å². The van der Waals surface area contributed by atoms with Gasteiger partial charge in [-0.05, 0) is 30.7 Å². The molecule has 0 aliphatic carbocycles. The molecule has 0 saturated carbocycles. The maximum atomic E-state index is 14.0. The lowest BCUT2D eigenvalue weighted by Crippen LogP contribution is -2.28. The van der Waals surface area contributed by atoms with Crippen molar-refractivity contribution in [1.82, 2.24) is 0 Å². The second-order valence-electron chi connectivity index (χ2n) is 5.44. The van der Waals surface area contributed by atoms with Gasteiger partial charge < -0.3 is 9.47 Å². The Labute approximate surface area is 144 Å². The highest BCUT2D eigenvalue weighted by Crippen LogP contribution is 2.47. The highest BCUT2D eigenvalue weighted by atomic mass is 32.2. The third kappa shape index (κ3) is 2.82. The minimum atomic E-state index is -0.325. The van der Waals surface area contributed by atoms with Crippen LogP contribution in [0.3, 0.4) is 0 Å². The van der Waals surface area contributed by atoms with E-state index in [1.54, 1.807) is 44.2 Å². The van der Waals surface area contributed by atoms with Crippen LogP contribution >= 0.6 is 11.8 Å². The summed E-state index contributed by atoms with van der Waals surface area (Å²) in [5, 5.41) is -0.287. The maximum Gasteiger partial charge on any atom is 0.238 e. The largest absolute Gasteiger partial charge is 0.493 e. The molecule has 1 atom stereocenters. The molecular weight excluding hydrogens is 329 g/mol. The monoisotopic (exact) mass is 347 g/mol. The fourth-order valence-electron chi connectivity index (χ4n) is 2.77. The molecule has 6 heteroatoms. The van der Waals surface area contributed by atoms with Gasteiger partial charge >= 0.3 is 0 Å². The first-order valence-electron chi connectivity index (χ1n) is 7.47. The molecule has 0 aromatic heterocycles. The summed E-state index contributed by atoms with van der Waals surface area (Å²) < 4.78 is 24.8. The lowest BCUT2D eigenvalue weighted by molar-refractivity contribution is -0.115. The van der Waals surface area contributed by atoms with Crippen molar-refractivity contribution in [3.63, 3.8) is 0 Å². The summed E-state index contributed by atoms with van der Waals surface area (Å²) in [4.78, 5) is 14.0. The maximum absolute atomic E-state index is 14.0. The van der Waals surface area contributed by atoms with Gasteiger partial charge in [0.1, 0.15) is 11.2 Å². The molecule has 24 heavy (non-hydrogen) atoms. The molecule has 0 unspecified atom stereocenters. The number of hydrogen-bond acceptors (Lipinski definition) is 4. The van der Waals surface area contributed by atoms with Crippen molar-refractivity contribution in [2.24, 2.45) is 0 Å². The minimum absolute atomic E-state index is 0.0573. The summed E-state index contributed by atoms with van der Waals surface area (Å²) in [5.41, 5.74) is 1.92. The first kappa shape index (κ1) is 16.6. The van der Waals surface area contributed by atoms with Crippen molar-refractivity contribution in [2.45, 2.75) is 12.3 Å². The van der Waals surface area contributed by atoms with Crippen LogP contribution in [0.4, 0.5) is 10.1 Å². The standard InChI is InChI=1S/C18H18FNO3S/c1-11-7-8-12(9-14(11)19)20-16(21)10-24-18(20)13-5-4-6-15(22-2)17(13)23-3/h4-9,18H,10H2,1-3H3/t18-/m0/s1. The van der Waals surface area contributed by atoms with Crippen LogP contribution in [0.5, 0.6) is 11.5 Å². The van der Waals surface area contributed by atoms with Crippen LogP contribution in [0, 0.1) is 12.7 Å². The smallest absolute Gasteiger partial charge is 0.238 e. The Hall–Kier alpha value is -2.21. The van der Waals surface area contributed by atoms with Gasteiger partial charge in [0.05, 0.1) is 20.0 Å². The van der Waals surface area contributed by atoms with Gasteiger partial charge in [0.15, 0.2) is 11.5 Å². The van der Waals surface area contributed by atoms with Crippen molar-refractivity contribution in [1.29, 1.82) is 0 Å². The molecule has 2 aromatic carbocycles. The molecular formula is C18H18FNO3S. The summed E-state index contributed by atoms with van der Waals surface area (Å²) in [6.45, 7) is 1.70. The van der Waals surface area contributed by atoms with Crippen molar-refractivity contribution >= 4 is 23.4 Å². The number of methoxy groups -OCH3 is 2. The Morgan fingerprint density at radius 2 is 2.00 bits per heavy atom. The van der Waals surface area contributed by atoms with Crippen molar-refractivity contribution < 1.29 is 18.7 Å². The quantitative estimate of drug-likeness (QED) is 0.840. The summed E-state index contributed by atoms with van der Waals surface area (Å²) in [5.74, 6) is 1.14. The summed E-state index contributed by atoms with van der Waals surface area (Å²) in [6, 6.07) is 10.4. The van der Waals surface area contributed by atoms with Gasteiger partial charge in [-0.15, -0.1) is 11.8 Å². The lowest BCUT2D eigenvalue weighted by Gasteiger charge is -2.26. The van der Waals surface area contributed by atoms with Gasteiger partial charge in [0.2, 0.25) is 5.91 Å². The molecule has 0 spiro atoms. The van der Waals surface area contributed by atoms with E-state index in [4.69, 9.17) is 9.47 Å². The van der Waals surface area contributed by atoms with Crippen LogP contribution in [0.15, 0.2) is 36.4 Å². The van der Waals surface area contributed by atoms with E-state index in [1.165, 1.54) is 17.8 Å². The average molecular weight is 347 g/mol. The Bertz CT molecular complexity index is 781. The predicted octanol–water partition coefficient (Wildman–Crippen LogP) is 3.93. The van der Waals surface area contributed by atoms with E-state index in [1.807, 2.05) is 12.1 Å². The third-order valence-corrected chi connectivity index (χ3v) is 5.20. The molecule has 3 rings (SSSR count). The molecule has 1 fully saturated rings. The number of thioether (sulfide) groups is 1. The summed E-state index contributed by atoms with van der Waals surface area (Å²) in [6.07, 6.45) is 0. The van der Waals surface area contributed by atoms with Gasteiger partial charge in [-0.25, -0.2) is 4.39 Å². The SMILES string of the molecule is COc1cccc([C@@H]2SCC(=O)N2c2ccc(C)c(F)c2)c1OC. The van der Waals surface area contributed by atoms with Crippen molar-refractivity contribution in [2.75, 3.05) is 24.9 Å². The molecule has 0 radical (unpaired) electrons. The Morgan fingerprint density at radius 3 is 2.67 bits per heavy atom. The Kier molecular flexibility index (Phi) is 4.66. The molecule has 4 nitrogen and oxygen atoms in total. The topological polar surface area (TPSA) is 38.8 Å². The number of carbonyl (C=O) groups excluding carboxylic acids is 1. The van der Waals surface area contributed by atoms with Crippen LogP contribution in [-0.2, 0) is 4.79 Å². The molecule has 0 bridgehead atoms. The molecule has 1 heterocycles. The zero-order chi connectivity index (χ0) is 17.3. The predicted molar refractivity (Wildman–Crippen MR) is 93.4 cm³/mol. The number of hydrogen-bond donors (Lipinski definition) is 0. The van der Waals surface area contributed by atoms with E-state index in [2.05, 4.69) is 0 Å². The molecule has 1 aliphatic rings. The van der Waals surface area contributed by atoms with Gasteiger partial charge in [-0.1, -0.05) is 18.2 Å². The summed E-state index contributed by atoms with van der Waals surface area (Å²) >= 11 is 1.48. The molecule has 1 aliphatic heterocycles. The van der Waals surface area contributed by atoms with E-state index in [9.17, 15) is 9.18 Å². The summed E-state index contributed by atoms with van der Waals surface area (Å²) in [7, 11) is 3.14. The molecule has 1 saturated heterocycles. The number of nitrogens with zero attached hydrogens (tertiary/aromatic N) is 1.